The summed E-state index contributed by atoms with van der Waals surface area (Å²) >= 11 is 0. The number of amides is 1. The lowest BCUT2D eigenvalue weighted by molar-refractivity contribution is -0.136. The van der Waals surface area contributed by atoms with Crippen LogP contribution in [0.25, 0.3) is 0 Å². The normalized spacial score (nSPS) is 19.8. The van der Waals surface area contributed by atoms with E-state index in [1.54, 1.807) is 12.1 Å². The minimum atomic E-state index is -3.01. The van der Waals surface area contributed by atoms with E-state index in [4.69, 9.17) is 14.6 Å². The third kappa shape index (κ3) is 8.13. The summed E-state index contributed by atoms with van der Waals surface area (Å²) in [5.74, 6) is 0.973. The number of fused-ring (bicyclic) bond motifs is 1. The van der Waals surface area contributed by atoms with Crippen LogP contribution < -0.4 is 20.1 Å². The molecule has 1 amide bonds. The van der Waals surface area contributed by atoms with Gasteiger partial charge in [0.25, 0.3) is 5.91 Å². The average molecular weight is 573 g/mol. The lowest BCUT2D eigenvalue weighted by atomic mass is 9.78. The first-order chi connectivity index (χ1) is 19.1. The Kier molecular flexibility index (Phi) is 9.95. The van der Waals surface area contributed by atoms with E-state index in [0.717, 1.165) is 29.8 Å². The second kappa shape index (κ2) is 13.4. The van der Waals surface area contributed by atoms with Gasteiger partial charge in [0.15, 0.2) is 0 Å². The quantitative estimate of drug-likeness (QED) is 0.296. The Morgan fingerprint density at radius 3 is 2.50 bits per heavy atom. The average Bonchev–Trinajstić information content (AvgIpc) is 3.25. The zero-order valence-electron chi connectivity index (χ0n) is 23.2. The van der Waals surface area contributed by atoms with Gasteiger partial charge in [-0.25, -0.2) is 8.42 Å². The van der Waals surface area contributed by atoms with Crippen LogP contribution in [0.1, 0.15) is 73.7 Å². The van der Waals surface area contributed by atoms with Crippen LogP contribution in [-0.4, -0.2) is 62.7 Å². The van der Waals surface area contributed by atoms with Crippen molar-refractivity contribution in [2.75, 3.05) is 30.5 Å². The van der Waals surface area contributed by atoms with Crippen molar-refractivity contribution in [2.45, 2.75) is 69.9 Å². The van der Waals surface area contributed by atoms with Crippen molar-refractivity contribution in [3.05, 3.63) is 53.6 Å². The number of nitrogens with one attached hydrogen (secondary N) is 2. The van der Waals surface area contributed by atoms with E-state index in [1.807, 2.05) is 30.3 Å². The smallest absolute Gasteiger partial charge is 0.305 e. The maximum absolute atomic E-state index is 12.4. The van der Waals surface area contributed by atoms with Crippen molar-refractivity contribution < 1.29 is 32.6 Å². The molecule has 0 bridgehead atoms. The first kappa shape index (κ1) is 29.7. The van der Waals surface area contributed by atoms with Crippen LogP contribution in [0.3, 0.4) is 0 Å². The van der Waals surface area contributed by atoms with Gasteiger partial charge in [-0.3, -0.25) is 9.59 Å². The number of ether oxygens (including phenoxy) is 2. The number of carboxylic acid groups (broad SMARTS) is 1. The monoisotopic (exact) mass is 572 g/mol. The van der Waals surface area contributed by atoms with Gasteiger partial charge in [0.05, 0.1) is 24.8 Å². The molecule has 0 spiro atoms. The molecule has 2 aromatic carbocycles. The van der Waals surface area contributed by atoms with Crippen LogP contribution in [0, 0.1) is 5.92 Å². The van der Waals surface area contributed by atoms with Gasteiger partial charge in [0.2, 0.25) is 0 Å². The number of sulfone groups is 1. The summed E-state index contributed by atoms with van der Waals surface area (Å²) in [6.07, 6.45) is 7.35. The van der Waals surface area contributed by atoms with Gasteiger partial charge < -0.3 is 25.2 Å². The molecule has 1 fully saturated rings. The Morgan fingerprint density at radius 1 is 1.10 bits per heavy atom. The number of carbonyl (C=O) groups excluding carboxylic acids is 1. The van der Waals surface area contributed by atoms with Crippen molar-refractivity contribution in [2.24, 2.45) is 5.92 Å². The topological polar surface area (TPSA) is 131 Å². The Labute approximate surface area is 236 Å². The molecule has 3 unspecified atom stereocenters. The highest BCUT2D eigenvalue weighted by Crippen LogP contribution is 2.44. The number of anilines is 1. The van der Waals surface area contributed by atoms with Gasteiger partial charge in [-0.2, -0.15) is 0 Å². The molecule has 10 heteroatoms. The molecule has 1 heterocycles. The van der Waals surface area contributed by atoms with Gasteiger partial charge in [-0.1, -0.05) is 26.2 Å². The summed E-state index contributed by atoms with van der Waals surface area (Å²) < 4.78 is 35.2. The first-order valence-corrected chi connectivity index (χ1v) is 16.1. The highest BCUT2D eigenvalue weighted by Gasteiger charge is 2.41. The fourth-order valence-corrected chi connectivity index (χ4v) is 6.30. The third-order valence-corrected chi connectivity index (χ3v) is 8.80. The summed E-state index contributed by atoms with van der Waals surface area (Å²) in [6.45, 7) is 2.60. The summed E-state index contributed by atoms with van der Waals surface area (Å²) in [7, 11) is -3.01. The SMILES string of the molecule is CC1c2cc(OCCCS(C)(=O)=O)ccc2OC1C(Nc1ccc(C(=O)NCCC(=O)O)cc1)C1CCCCC1. The van der Waals surface area contributed by atoms with Crippen molar-refractivity contribution in [3.8, 4) is 11.5 Å². The molecule has 4 rings (SSSR count). The molecule has 1 aliphatic carbocycles. The number of aliphatic carboxylic acids is 1. The molecule has 3 N–H and O–H groups in total. The highest BCUT2D eigenvalue weighted by molar-refractivity contribution is 7.90. The Bertz CT molecular complexity index is 1270. The molecule has 0 saturated heterocycles. The number of benzene rings is 2. The van der Waals surface area contributed by atoms with Gasteiger partial charge in [0, 0.05) is 35.5 Å². The predicted octanol–water partition coefficient (Wildman–Crippen LogP) is 4.63. The van der Waals surface area contributed by atoms with Crippen LogP contribution in [0.4, 0.5) is 5.69 Å². The maximum atomic E-state index is 12.4. The molecule has 3 atom stereocenters. The molecule has 2 aromatic rings. The van der Waals surface area contributed by atoms with Gasteiger partial charge in [-0.05, 0) is 67.6 Å². The summed E-state index contributed by atoms with van der Waals surface area (Å²) in [5.41, 5.74) is 2.47. The van der Waals surface area contributed by atoms with Crippen LogP contribution in [0.15, 0.2) is 42.5 Å². The van der Waals surface area contributed by atoms with E-state index in [1.165, 1.54) is 25.5 Å². The Hall–Kier alpha value is -3.27. The van der Waals surface area contributed by atoms with E-state index >= 15 is 0 Å². The number of hydrogen-bond acceptors (Lipinski definition) is 7. The Balaban J connectivity index is 1.44. The summed E-state index contributed by atoms with van der Waals surface area (Å²) in [6, 6.07) is 13.2. The van der Waals surface area contributed by atoms with Crippen molar-refractivity contribution in [3.63, 3.8) is 0 Å². The first-order valence-electron chi connectivity index (χ1n) is 14.1. The number of rotatable bonds is 13. The van der Waals surface area contributed by atoms with Crippen molar-refractivity contribution >= 4 is 27.4 Å². The second-order valence-electron chi connectivity index (χ2n) is 10.9. The summed E-state index contributed by atoms with van der Waals surface area (Å²) in [4.78, 5) is 23.1. The zero-order valence-corrected chi connectivity index (χ0v) is 24.0. The lowest BCUT2D eigenvalue weighted by Crippen LogP contribution is -2.44. The van der Waals surface area contributed by atoms with Gasteiger partial charge in [0.1, 0.15) is 27.4 Å². The van der Waals surface area contributed by atoms with Gasteiger partial charge in [-0.15, -0.1) is 0 Å². The van der Waals surface area contributed by atoms with Crippen LogP contribution in [0.5, 0.6) is 11.5 Å². The molecule has 0 radical (unpaired) electrons. The molecule has 1 saturated carbocycles. The highest BCUT2D eigenvalue weighted by atomic mass is 32.2. The molecule has 218 valence electrons. The van der Waals surface area contributed by atoms with Crippen LogP contribution in [0.2, 0.25) is 0 Å². The molecule has 1 aliphatic heterocycles. The minimum absolute atomic E-state index is 0.0667. The van der Waals surface area contributed by atoms with E-state index in [9.17, 15) is 18.0 Å². The number of carboxylic acids is 1. The fourth-order valence-electron chi connectivity index (χ4n) is 5.66. The standard InChI is InChI=1S/C30H40N2O7S/c1-20-25-19-24(38-17-6-18-40(2,36)37)13-14-26(25)39-29(20)28(21-7-4-3-5-8-21)32-23-11-9-22(10-12-23)30(35)31-16-15-27(33)34/h9-14,19-21,28-29,32H,3-8,15-18H2,1-2H3,(H,31,35)(H,33,34). The molecule has 40 heavy (non-hydrogen) atoms. The second-order valence-corrected chi connectivity index (χ2v) is 13.2. The molecule has 0 aromatic heterocycles. The van der Waals surface area contributed by atoms with E-state index < -0.39 is 15.8 Å². The predicted molar refractivity (Wildman–Crippen MR) is 154 cm³/mol. The fraction of sp³-hybridized carbons (Fsp3) is 0.533. The lowest BCUT2D eigenvalue weighted by Gasteiger charge is -2.36. The Morgan fingerprint density at radius 2 is 1.82 bits per heavy atom. The largest absolute Gasteiger partial charge is 0.494 e. The van der Waals surface area contributed by atoms with Crippen LogP contribution in [-0.2, 0) is 14.6 Å². The van der Waals surface area contributed by atoms with Crippen molar-refractivity contribution in [1.82, 2.24) is 5.32 Å². The van der Waals surface area contributed by atoms with Gasteiger partial charge >= 0.3 is 5.97 Å². The maximum Gasteiger partial charge on any atom is 0.305 e. The molecule has 9 nitrogen and oxygen atoms in total. The molecular formula is C30H40N2O7S. The summed E-state index contributed by atoms with van der Waals surface area (Å²) in [5, 5.41) is 15.1. The van der Waals surface area contributed by atoms with Crippen LogP contribution >= 0.6 is 0 Å². The number of carbonyl (C=O) groups is 2. The van der Waals surface area contributed by atoms with E-state index in [2.05, 4.69) is 17.6 Å². The minimum Gasteiger partial charge on any atom is -0.494 e. The molecular weight excluding hydrogens is 532 g/mol. The zero-order chi connectivity index (χ0) is 28.7. The van der Waals surface area contributed by atoms with Crippen molar-refractivity contribution in [1.29, 1.82) is 0 Å². The number of hydrogen-bond donors (Lipinski definition) is 3. The van der Waals surface area contributed by atoms with E-state index in [0.29, 0.717) is 30.3 Å². The molecule has 2 aliphatic rings. The van der Waals surface area contributed by atoms with E-state index in [-0.39, 0.29) is 42.7 Å². The third-order valence-electron chi connectivity index (χ3n) is 7.77.